The van der Waals surface area contributed by atoms with Crippen molar-refractivity contribution in [2.45, 2.75) is 26.7 Å². The smallest absolute Gasteiger partial charge is 0.137 e. The van der Waals surface area contributed by atoms with Gasteiger partial charge in [0.1, 0.15) is 11.6 Å². The third-order valence-electron chi connectivity index (χ3n) is 3.99. The molecule has 0 aliphatic heterocycles. The van der Waals surface area contributed by atoms with Crippen LogP contribution in [0.5, 0.6) is 0 Å². The van der Waals surface area contributed by atoms with E-state index in [1.54, 1.807) is 0 Å². The Hall–Kier alpha value is -1.22. The van der Waals surface area contributed by atoms with Crippen LogP contribution in [0, 0.1) is 30.4 Å². The summed E-state index contributed by atoms with van der Waals surface area (Å²) in [6, 6.07) is 2.08. The van der Waals surface area contributed by atoms with Crippen LogP contribution in [0.3, 0.4) is 0 Å². The number of hydrogen-bond donors (Lipinski definition) is 0. The first-order valence-corrected chi connectivity index (χ1v) is 6.79. The summed E-state index contributed by atoms with van der Waals surface area (Å²) in [5.41, 5.74) is 1.95. The predicted molar refractivity (Wildman–Crippen MR) is 72.4 cm³/mol. The summed E-state index contributed by atoms with van der Waals surface area (Å²) in [6.07, 6.45) is 2.01. The SMILES string of the molecule is Cc1nc2cc(F)cc(F)c2c(Cl)c1C[C@H]1CC1C. The molecule has 1 unspecified atom stereocenters. The van der Waals surface area contributed by atoms with Gasteiger partial charge in [-0.05, 0) is 37.2 Å². The van der Waals surface area contributed by atoms with Crippen molar-refractivity contribution in [3.63, 3.8) is 0 Å². The van der Waals surface area contributed by atoms with E-state index in [1.165, 1.54) is 12.5 Å². The van der Waals surface area contributed by atoms with Crippen molar-refractivity contribution in [3.8, 4) is 0 Å². The minimum Gasteiger partial charge on any atom is -0.253 e. The van der Waals surface area contributed by atoms with Crippen LogP contribution in [0.4, 0.5) is 8.78 Å². The minimum atomic E-state index is -0.641. The monoisotopic (exact) mass is 281 g/mol. The largest absolute Gasteiger partial charge is 0.253 e. The fourth-order valence-corrected chi connectivity index (χ4v) is 3.01. The van der Waals surface area contributed by atoms with Gasteiger partial charge in [0, 0.05) is 17.8 Å². The van der Waals surface area contributed by atoms with E-state index in [-0.39, 0.29) is 10.9 Å². The van der Waals surface area contributed by atoms with Gasteiger partial charge < -0.3 is 0 Å². The zero-order valence-corrected chi connectivity index (χ0v) is 11.6. The van der Waals surface area contributed by atoms with Gasteiger partial charge >= 0.3 is 0 Å². The average Bonchev–Trinajstić information content (AvgIpc) is 2.99. The zero-order valence-electron chi connectivity index (χ0n) is 10.8. The highest BCUT2D eigenvalue weighted by atomic mass is 35.5. The first-order valence-electron chi connectivity index (χ1n) is 6.41. The van der Waals surface area contributed by atoms with Crippen molar-refractivity contribution >= 4 is 22.5 Å². The number of fused-ring (bicyclic) bond motifs is 1. The first-order chi connectivity index (χ1) is 8.97. The van der Waals surface area contributed by atoms with Crippen molar-refractivity contribution < 1.29 is 8.78 Å². The molecule has 0 spiro atoms. The Bertz CT molecular complexity index is 669. The zero-order chi connectivity index (χ0) is 13.7. The summed E-state index contributed by atoms with van der Waals surface area (Å²) < 4.78 is 27.1. The maximum atomic E-state index is 13.9. The van der Waals surface area contributed by atoms with Crippen LogP contribution in [0.15, 0.2) is 12.1 Å². The molecule has 0 amide bonds. The first kappa shape index (κ1) is 12.8. The molecule has 0 N–H and O–H groups in total. The normalized spacial score (nSPS) is 21.9. The van der Waals surface area contributed by atoms with E-state index < -0.39 is 11.6 Å². The Morgan fingerprint density at radius 1 is 1.37 bits per heavy atom. The molecule has 1 aliphatic carbocycles. The Morgan fingerprint density at radius 3 is 2.68 bits per heavy atom. The van der Waals surface area contributed by atoms with E-state index >= 15 is 0 Å². The molecular formula is C15H14ClF2N. The van der Waals surface area contributed by atoms with Crippen molar-refractivity contribution in [2.75, 3.05) is 0 Å². The molecule has 3 rings (SSSR count). The quantitative estimate of drug-likeness (QED) is 0.779. The maximum Gasteiger partial charge on any atom is 0.137 e. The van der Waals surface area contributed by atoms with Crippen LogP contribution >= 0.6 is 11.6 Å². The standard InChI is InChI=1S/C15H14ClF2N/c1-7-3-9(7)4-11-8(2)19-13-6-10(17)5-12(18)14(13)15(11)16/h5-7,9H,3-4H2,1-2H3/t7?,9-/m1/s1. The molecule has 1 aromatic carbocycles. The van der Waals surface area contributed by atoms with Crippen LogP contribution < -0.4 is 0 Å². The summed E-state index contributed by atoms with van der Waals surface area (Å²) >= 11 is 6.32. The molecule has 0 radical (unpaired) electrons. The van der Waals surface area contributed by atoms with E-state index in [1.807, 2.05) is 6.92 Å². The van der Waals surface area contributed by atoms with Gasteiger partial charge in [0.2, 0.25) is 0 Å². The molecule has 1 aromatic heterocycles. The van der Waals surface area contributed by atoms with Gasteiger partial charge in [0.25, 0.3) is 0 Å². The number of benzene rings is 1. The van der Waals surface area contributed by atoms with Crippen molar-refractivity contribution in [3.05, 3.63) is 40.0 Å². The summed E-state index contributed by atoms with van der Waals surface area (Å²) in [5.74, 6) is 0.0392. The van der Waals surface area contributed by atoms with Gasteiger partial charge in [-0.3, -0.25) is 4.98 Å². The second-order valence-electron chi connectivity index (χ2n) is 5.45. The van der Waals surface area contributed by atoms with Crippen LogP contribution in [0.25, 0.3) is 10.9 Å². The van der Waals surface area contributed by atoms with Gasteiger partial charge in [-0.25, -0.2) is 8.78 Å². The lowest BCUT2D eigenvalue weighted by Gasteiger charge is -2.11. The van der Waals surface area contributed by atoms with E-state index in [4.69, 9.17) is 11.6 Å². The highest BCUT2D eigenvalue weighted by molar-refractivity contribution is 6.36. The van der Waals surface area contributed by atoms with Crippen LogP contribution in [-0.2, 0) is 6.42 Å². The second kappa shape index (κ2) is 4.41. The number of aryl methyl sites for hydroxylation is 1. The molecule has 0 saturated heterocycles. The van der Waals surface area contributed by atoms with Gasteiger partial charge in [-0.2, -0.15) is 0 Å². The molecule has 2 aromatic rings. The molecule has 100 valence electrons. The molecule has 1 saturated carbocycles. The predicted octanol–water partition coefficient (Wildman–Crippen LogP) is 4.67. The van der Waals surface area contributed by atoms with E-state index in [0.717, 1.165) is 23.7 Å². The molecule has 1 nitrogen and oxygen atoms in total. The lowest BCUT2D eigenvalue weighted by atomic mass is 10.0. The molecule has 1 heterocycles. The lowest BCUT2D eigenvalue weighted by Crippen LogP contribution is -2.00. The maximum absolute atomic E-state index is 13.9. The average molecular weight is 282 g/mol. The Balaban J connectivity index is 2.18. The fourth-order valence-electron chi connectivity index (χ4n) is 2.61. The lowest BCUT2D eigenvalue weighted by molar-refractivity contribution is 0.591. The molecule has 1 aliphatic rings. The van der Waals surface area contributed by atoms with E-state index in [9.17, 15) is 8.78 Å². The highest BCUT2D eigenvalue weighted by Gasteiger charge is 2.33. The number of rotatable bonds is 2. The van der Waals surface area contributed by atoms with Crippen molar-refractivity contribution in [1.82, 2.24) is 4.98 Å². The van der Waals surface area contributed by atoms with Crippen LogP contribution in [-0.4, -0.2) is 4.98 Å². The number of hydrogen-bond acceptors (Lipinski definition) is 1. The number of halogens is 3. The number of pyridine rings is 1. The van der Waals surface area contributed by atoms with E-state index in [2.05, 4.69) is 11.9 Å². The number of aromatic nitrogens is 1. The Morgan fingerprint density at radius 2 is 2.05 bits per heavy atom. The third-order valence-corrected chi connectivity index (χ3v) is 4.40. The number of nitrogens with zero attached hydrogens (tertiary/aromatic N) is 1. The van der Waals surface area contributed by atoms with Crippen LogP contribution in [0.1, 0.15) is 24.6 Å². The molecule has 2 atom stereocenters. The van der Waals surface area contributed by atoms with Crippen molar-refractivity contribution in [1.29, 1.82) is 0 Å². The molecule has 0 bridgehead atoms. The van der Waals surface area contributed by atoms with Gasteiger partial charge in [-0.1, -0.05) is 18.5 Å². The molecular weight excluding hydrogens is 268 g/mol. The molecule has 19 heavy (non-hydrogen) atoms. The third kappa shape index (κ3) is 2.20. The summed E-state index contributed by atoms with van der Waals surface area (Å²) in [7, 11) is 0. The Labute approximate surface area is 115 Å². The summed E-state index contributed by atoms with van der Waals surface area (Å²) in [6.45, 7) is 4.04. The second-order valence-corrected chi connectivity index (χ2v) is 5.83. The molecule has 4 heteroatoms. The molecule has 1 fully saturated rings. The fraction of sp³-hybridized carbons (Fsp3) is 0.400. The Kier molecular flexibility index (Phi) is 2.97. The van der Waals surface area contributed by atoms with Crippen LogP contribution in [0.2, 0.25) is 5.02 Å². The summed E-state index contributed by atoms with van der Waals surface area (Å²) in [4.78, 5) is 4.30. The van der Waals surface area contributed by atoms with Crippen molar-refractivity contribution in [2.24, 2.45) is 11.8 Å². The highest BCUT2D eigenvalue weighted by Crippen LogP contribution is 2.43. The minimum absolute atomic E-state index is 0.233. The summed E-state index contributed by atoms with van der Waals surface area (Å²) in [5, 5.41) is 0.621. The van der Waals surface area contributed by atoms with Gasteiger partial charge in [0.15, 0.2) is 0 Å². The topological polar surface area (TPSA) is 12.9 Å². The van der Waals surface area contributed by atoms with Gasteiger partial charge in [-0.15, -0.1) is 0 Å². The van der Waals surface area contributed by atoms with Gasteiger partial charge in [0.05, 0.1) is 15.9 Å². The van der Waals surface area contributed by atoms with E-state index in [0.29, 0.717) is 16.9 Å².